The maximum Gasteiger partial charge on any atom is -0.109 e. The SMILES string of the molecule is CC(C)(C)c1cc2c(cc1-c1ccccc1)[cH-]c1cc(-c3ccccc3)c(C(C)(C)C)cc12.FC(F)(F)c1ccc(-c2ccc([C](=[Zr+2])c3ccc(-c4ccc(C(F)(F)F)cc4)cc3)cc2)cc1.[C-]1=CC=CC1.[Cl-].[Cl-]. The van der Waals surface area contributed by atoms with Crippen molar-refractivity contribution in [2.24, 2.45) is 0 Å². The van der Waals surface area contributed by atoms with Crippen molar-refractivity contribution in [3.8, 4) is 44.5 Å². The van der Waals surface area contributed by atoms with Crippen molar-refractivity contribution in [3.63, 3.8) is 0 Å². The molecule has 0 saturated carbocycles. The van der Waals surface area contributed by atoms with Crippen LogP contribution in [0.4, 0.5) is 26.3 Å². The van der Waals surface area contributed by atoms with Crippen molar-refractivity contribution in [2.45, 2.75) is 71.1 Å². The molecular weight excluding hydrogens is 1060 g/mol. The van der Waals surface area contributed by atoms with Gasteiger partial charge in [-0.3, -0.25) is 6.08 Å². The Labute approximate surface area is 458 Å². The molecule has 0 fully saturated rings. The quantitative estimate of drug-likeness (QED) is 0.115. The van der Waals surface area contributed by atoms with Gasteiger partial charge in [-0.25, -0.2) is 12.2 Å². The van der Waals surface area contributed by atoms with Gasteiger partial charge in [0.1, 0.15) is 0 Å². The average Bonchev–Trinajstić information content (AvgIpc) is 4.08. The van der Waals surface area contributed by atoms with Crippen LogP contribution < -0.4 is 24.8 Å². The van der Waals surface area contributed by atoms with E-state index in [4.69, 9.17) is 0 Å². The van der Waals surface area contributed by atoms with Gasteiger partial charge in [0.2, 0.25) is 0 Å². The van der Waals surface area contributed by atoms with E-state index in [1.807, 2.05) is 60.7 Å². The standard InChI is InChI=1S/C33H33.C27H16F6.C5H5.2ClH.Zr/c1-32(2,3)30-20-26-24(18-28(30)22-13-9-7-10-14-22)17-25-19-29(23-15-11-8-12-16-23)31(21-27(25)26)33(4,5)6;28-26(29,30)24-13-9-22(10-14-24)20-5-1-18(2-6-20)17-19-3-7-21(8-4-19)23-11-15-25(16-12-23)27(31,32)33;1-2-4-5-3-1;;;/h7-21H,1-6H3;1-16H;1-3H,4H2;2*1H;/q-1;;-1;;;+2/p-2. The number of allylic oxidation sites excluding steroid dienone is 4. The molecule has 0 amide bonds. The van der Waals surface area contributed by atoms with Crippen LogP contribution in [0.25, 0.3) is 66.1 Å². The summed E-state index contributed by atoms with van der Waals surface area (Å²) >= 11 is 1.18. The molecule has 10 rings (SSSR count). The molecular formula is C65H54Cl2F6Zr-2. The summed E-state index contributed by atoms with van der Waals surface area (Å²) in [5, 5.41) is 5.36. The Bertz CT molecular complexity index is 3150. The summed E-state index contributed by atoms with van der Waals surface area (Å²) in [6, 6.07) is 59.1. The molecule has 0 atom stereocenters. The van der Waals surface area contributed by atoms with E-state index in [9.17, 15) is 26.3 Å². The molecule has 1 aliphatic rings. The summed E-state index contributed by atoms with van der Waals surface area (Å²) in [7, 11) is 0. The summed E-state index contributed by atoms with van der Waals surface area (Å²) in [6.45, 7) is 13.9. The van der Waals surface area contributed by atoms with Gasteiger partial charge >= 0.3 is 208 Å². The zero-order valence-corrected chi connectivity index (χ0v) is 45.8. The van der Waals surface area contributed by atoms with Gasteiger partial charge in [-0.05, 0) is 44.2 Å². The Morgan fingerprint density at radius 3 is 1.05 bits per heavy atom. The van der Waals surface area contributed by atoms with Crippen molar-refractivity contribution < 1.29 is 75.4 Å². The number of hydrogen-bond donors (Lipinski definition) is 0. The molecule has 0 bridgehead atoms. The van der Waals surface area contributed by atoms with Gasteiger partial charge < -0.3 is 24.8 Å². The number of alkyl halides is 6. The van der Waals surface area contributed by atoms with Crippen LogP contribution in [0.2, 0.25) is 0 Å². The topological polar surface area (TPSA) is 0 Å². The van der Waals surface area contributed by atoms with Crippen LogP contribution in [0.3, 0.4) is 0 Å². The van der Waals surface area contributed by atoms with E-state index >= 15 is 0 Å². The average molecular weight is 1110 g/mol. The zero-order valence-electron chi connectivity index (χ0n) is 41.9. The van der Waals surface area contributed by atoms with Crippen LogP contribution in [0.15, 0.2) is 206 Å². The Balaban J connectivity index is 0.000000214. The Hall–Kier alpha value is -5.98. The van der Waals surface area contributed by atoms with Crippen molar-refractivity contribution in [3.05, 3.63) is 246 Å². The number of rotatable bonds is 6. The summed E-state index contributed by atoms with van der Waals surface area (Å²) < 4.78 is 77.7. The van der Waals surface area contributed by atoms with E-state index in [-0.39, 0.29) is 35.6 Å². The third-order valence-corrected chi connectivity index (χ3v) is 14.2. The molecule has 0 heterocycles. The van der Waals surface area contributed by atoms with Gasteiger partial charge in [-0.2, -0.15) is 6.08 Å². The third-order valence-electron chi connectivity index (χ3n) is 12.8. The third kappa shape index (κ3) is 13.6. The van der Waals surface area contributed by atoms with Gasteiger partial charge in [0.05, 0.1) is 0 Å². The van der Waals surface area contributed by atoms with Gasteiger partial charge in [-0.15, -0.1) is 46.2 Å². The minimum absolute atomic E-state index is 0. The van der Waals surface area contributed by atoms with Crippen LogP contribution in [0, 0.1) is 6.08 Å². The van der Waals surface area contributed by atoms with E-state index in [2.05, 4.69) is 145 Å². The largest absolute Gasteiger partial charge is 1.00 e. The summed E-state index contributed by atoms with van der Waals surface area (Å²) in [6.07, 6.45) is 1.28. The first-order valence-corrected chi connectivity index (χ1v) is 25.1. The smallest absolute Gasteiger partial charge is 0.109 e. The van der Waals surface area contributed by atoms with Crippen molar-refractivity contribution >= 4 is 24.8 Å². The first-order valence-electron chi connectivity index (χ1n) is 23.8. The van der Waals surface area contributed by atoms with Crippen LogP contribution in [-0.4, -0.2) is 3.21 Å². The predicted molar refractivity (Wildman–Crippen MR) is 284 cm³/mol. The molecule has 0 N–H and O–H groups in total. The number of fused-ring (bicyclic) bond motifs is 3. The van der Waals surface area contributed by atoms with Crippen LogP contribution in [0.5, 0.6) is 0 Å². The number of hydrogen-bond acceptors (Lipinski definition) is 0. The molecule has 9 heteroatoms. The molecule has 1 aliphatic carbocycles. The van der Waals surface area contributed by atoms with E-state index in [0.29, 0.717) is 11.1 Å². The Kier molecular flexibility index (Phi) is 18.4. The first-order chi connectivity index (χ1) is 34.1. The molecule has 0 unspecified atom stereocenters. The predicted octanol–water partition coefficient (Wildman–Crippen LogP) is 13.1. The molecule has 9 aromatic carbocycles. The monoisotopic (exact) mass is 1110 g/mol. The number of benzene rings is 8. The van der Waals surface area contributed by atoms with E-state index < -0.39 is 23.5 Å². The van der Waals surface area contributed by atoms with E-state index in [1.165, 1.54) is 103 Å². The maximum atomic E-state index is 12.8. The summed E-state index contributed by atoms with van der Waals surface area (Å²) in [5.41, 5.74) is 11.8. The fraction of sp³-hybridized carbons (Fsp3) is 0.169. The second kappa shape index (κ2) is 23.7. The van der Waals surface area contributed by atoms with Crippen LogP contribution in [-0.2, 0) is 47.4 Å². The molecule has 74 heavy (non-hydrogen) atoms. The summed E-state index contributed by atoms with van der Waals surface area (Å²) in [4.78, 5) is 0. The van der Waals surface area contributed by atoms with Gasteiger partial charge in [0.15, 0.2) is 0 Å². The molecule has 0 saturated heterocycles. The van der Waals surface area contributed by atoms with Crippen molar-refractivity contribution in [2.75, 3.05) is 0 Å². The molecule has 9 aromatic rings. The first kappa shape index (κ1) is 57.3. The molecule has 0 nitrogen and oxygen atoms in total. The van der Waals surface area contributed by atoms with E-state index in [1.54, 1.807) is 0 Å². The fourth-order valence-corrected chi connectivity index (χ4v) is 9.75. The molecule has 0 spiro atoms. The maximum absolute atomic E-state index is 12.8. The molecule has 0 aliphatic heterocycles. The van der Waals surface area contributed by atoms with Gasteiger partial charge in [-0.1, -0.05) is 114 Å². The van der Waals surface area contributed by atoms with Gasteiger partial charge in [0, 0.05) is 0 Å². The molecule has 0 radical (unpaired) electrons. The van der Waals surface area contributed by atoms with Crippen molar-refractivity contribution in [1.29, 1.82) is 0 Å². The van der Waals surface area contributed by atoms with Crippen LogP contribution >= 0.6 is 0 Å². The molecule has 0 aromatic heterocycles. The number of halogens is 8. The van der Waals surface area contributed by atoms with Gasteiger partial charge in [0.25, 0.3) is 0 Å². The second-order valence-electron chi connectivity index (χ2n) is 20.0. The summed E-state index contributed by atoms with van der Waals surface area (Å²) in [5.74, 6) is 0. The second-order valence-corrected chi connectivity index (χ2v) is 21.3. The Morgan fingerprint density at radius 2 is 0.784 bits per heavy atom. The zero-order chi connectivity index (χ0) is 51.4. The minimum Gasteiger partial charge on any atom is -1.00 e. The minimum atomic E-state index is -4.36. The molecule has 376 valence electrons. The van der Waals surface area contributed by atoms with Crippen molar-refractivity contribution in [1.82, 2.24) is 0 Å². The fourth-order valence-electron chi connectivity index (χ4n) is 8.93. The Morgan fingerprint density at radius 1 is 0.446 bits per heavy atom. The van der Waals surface area contributed by atoms with Crippen LogP contribution in [0.1, 0.15) is 81.3 Å². The normalized spacial score (nSPS) is 12.3. The van der Waals surface area contributed by atoms with E-state index in [0.717, 1.165) is 56.1 Å².